The molecule has 3 aromatic rings. The van der Waals surface area contributed by atoms with Gasteiger partial charge in [0.05, 0.1) is 17.1 Å². The van der Waals surface area contributed by atoms with E-state index in [1.54, 1.807) is 34.8 Å². The number of nitrogens with zero attached hydrogens (tertiary/aromatic N) is 2. The van der Waals surface area contributed by atoms with Gasteiger partial charge in [-0.3, -0.25) is 0 Å². The van der Waals surface area contributed by atoms with Gasteiger partial charge in [0.15, 0.2) is 0 Å². The van der Waals surface area contributed by atoms with Gasteiger partial charge in [-0.25, -0.2) is 23.1 Å². The highest BCUT2D eigenvalue weighted by Crippen LogP contribution is 2.34. The van der Waals surface area contributed by atoms with Crippen LogP contribution in [-0.4, -0.2) is 32.0 Å². The third-order valence-electron chi connectivity index (χ3n) is 6.30. The number of ether oxygens (including phenoxy) is 1. The second-order valence-electron chi connectivity index (χ2n) is 8.86. The summed E-state index contributed by atoms with van der Waals surface area (Å²) >= 11 is 3.44. The predicted molar refractivity (Wildman–Crippen MR) is 135 cm³/mol. The average Bonchev–Trinajstić information content (AvgIpc) is 3.38. The van der Waals surface area contributed by atoms with Crippen LogP contribution in [0.5, 0.6) is 5.75 Å². The van der Waals surface area contributed by atoms with Crippen molar-refractivity contribution in [2.24, 2.45) is 11.8 Å². The number of nitrogens with one attached hydrogen (secondary N) is 1. The lowest BCUT2D eigenvalue weighted by atomic mass is 9.81. The predicted octanol–water partition coefficient (Wildman–Crippen LogP) is 5.53. The van der Waals surface area contributed by atoms with Crippen LogP contribution < -0.4 is 9.46 Å². The fourth-order valence-corrected chi connectivity index (χ4v) is 7.56. The van der Waals surface area contributed by atoms with E-state index in [2.05, 4.69) is 22.0 Å². The Kier molecular flexibility index (Phi) is 7.53. The molecule has 1 aliphatic rings. The highest BCUT2D eigenvalue weighted by molar-refractivity contribution is 7.89. The van der Waals surface area contributed by atoms with Crippen molar-refractivity contribution < 1.29 is 13.2 Å². The van der Waals surface area contributed by atoms with Gasteiger partial charge in [0.1, 0.15) is 22.0 Å². The maximum atomic E-state index is 12.9. The van der Waals surface area contributed by atoms with E-state index in [1.807, 2.05) is 19.9 Å². The molecule has 33 heavy (non-hydrogen) atoms. The third-order valence-corrected chi connectivity index (χ3v) is 9.50. The van der Waals surface area contributed by atoms with Crippen LogP contribution in [0.4, 0.5) is 0 Å². The number of methoxy groups -OCH3 is 1. The van der Waals surface area contributed by atoms with Crippen LogP contribution in [0, 0.1) is 32.6 Å². The lowest BCUT2D eigenvalue weighted by Crippen LogP contribution is -2.32. The molecule has 1 N–H and O–H groups in total. The van der Waals surface area contributed by atoms with E-state index in [0.717, 1.165) is 54.1 Å². The molecule has 1 fully saturated rings. The third kappa shape index (κ3) is 5.82. The van der Waals surface area contributed by atoms with Gasteiger partial charge in [0.2, 0.25) is 10.0 Å². The molecule has 2 aromatic heterocycles. The standard InChI is InChI=1S/C24H31N3O3S3/c1-15-5-10-21(30-4)22(11-15)33(28,29)25-13-19-8-6-18(7-9-19)12-23-27-20(14-31-23)24-16(2)32-17(3)26-24/h5,10-11,14,18-19,25H,6-9,12-13H2,1-4H3. The van der Waals surface area contributed by atoms with Crippen LogP contribution in [0.3, 0.4) is 0 Å². The van der Waals surface area contributed by atoms with E-state index in [9.17, 15) is 8.42 Å². The lowest BCUT2D eigenvalue weighted by molar-refractivity contribution is 0.274. The summed E-state index contributed by atoms with van der Waals surface area (Å²) in [6, 6.07) is 5.22. The largest absolute Gasteiger partial charge is 0.495 e. The number of thiazole rings is 2. The summed E-state index contributed by atoms with van der Waals surface area (Å²) in [7, 11) is -2.11. The molecule has 0 bridgehead atoms. The molecule has 2 heterocycles. The molecule has 1 aromatic carbocycles. The number of sulfonamides is 1. The maximum Gasteiger partial charge on any atom is 0.244 e. The maximum absolute atomic E-state index is 12.9. The minimum atomic E-state index is -3.60. The van der Waals surface area contributed by atoms with Gasteiger partial charge in [0.25, 0.3) is 0 Å². The molecule has 9 heteroatoms. The first-order valence-corrected chi connectivity index (χ1v) is 14.5. The van der Waals surface area contributed by atoms with Crippen LogP contribution in [0.25, 0.3) is 11.4 Å². The van der Waals surface area contributed by atoms with Gasteiger partial charge in [0, 0.05) is 23.2 Å². The molecule has 0 saturated heterocycles. The first kappa shape index (κ1) is 24.3. The summed E-state index contributed by atoms with van der Waals surface area (Å²) in [5.41, 5.74) is 2.90. The molecule has 0 radical (unpaired) electrons. The van der Waals surface area contributed by atoms with Crippen molar-refractivity contribution in [3.63, 3.8) is 0 Å². The van der Waals surface area contributed by atoms with E-state index in [4.69, 9.17) is 9.72 Å². The molecular formula is C24H31N3O3S3. The average molecular weight is 506 g/mol. The molecule has 0 amide bonds. The Balaban J connectivity index is 1.29. The van der Waals surface area contributed by atoms with Crippen LogP contribution in [0.2, 0.25) is 0 Å². The molecule has 1 saturated carbocycles. The van der Waals surface area contributed by atoms with Crippen molar-refractivity contribution >= 4 is 32.7 Å². The monoisotopic (exact) mass is 505 g/mol. The lowest BCUT2D eigenvalue weighted by Gasteiger charge is -2.28. The number of hydrogen-bond acceptors (Lipinski definition) is 7. The molecule has 6 nitrogen and oxygen atoms in total. The molecule has 0 aliphatic heterocycles. The van der Waals surface area contributed by atoms with Gasteiger partial charge in [-0.2, -0.15) is 0 Å². The SMILES string of the molecule is COc1ccc(C)cc1S(=O)(=O)NCC1CCC(Cc2nc(-c3nc(C)sc3C)cs2)CC1. The van der Waals surface area contributed by atoms with Crippen molar-refractivity contribution in [3.05, 3.63) is 44.0 Å². The zero-order valence-corrected chi connectivity index (χ0v) is 22.0. The second-order valence-corrected chi connectivity index (χ2v) is 12.9. The quantitative estimate of drug-likeness (QED) is 0.435. The van der Waals surface area contributed by atoms with Crippen molar-refractivity contribution in [1.29, 1.82) is 0 Å². The Morgan fingerprint density at radius 2 is 1.82 bits per heavy atom. The molecule has 0 atom stereocenters. The highest BCUT2D eigenvalue weighted by atomic mass is 32.2. The van der Waals surface area contributed by atoms with Crippen LogP contribution in [0.15, 0.2) is 28.5 Å². The van der Waals surface area contributed by atoms with Crippen LogP contribution in [-0.2, 0) is 16.4 Å². The number of rotatable bonds is 8. The smallest absolute Gasteiger partial charge is 0.244 e. The molecule has 178 valence electrons. The van der Waals surface area contributed by atoms with Crippen molar-refractivity contribution in [1.82, 2.24) is 14.7 Å². The highest BCUT2D eigenvalue weighted by Gasteiger charge is 2.26. The Morgan fingerprint density at radius 3 is 2.48 bits per heavy atom. The van der Waals surface area contributed by atoms with Crippen LogP contribution in [0.1, 0.15) is 46.1 Å². The normalized spacial score (nSPS) is 19.0. The molecule has 0 unspecified atom stereocenters. The van der Waals surface area contributed by atoms with Gasteiger partial charge in [-0.1, -0.05) is 6.07 Å². The van der Waals surface area contributed by atoms with Gasteiger partial charge < -0.3 is 4.74 Å². The number of benzene rings is 1. The Bertz CT molecular complexity index is 1210. The number of aromatic nitrogens is 2. The molecular weight excluding hydrogens is 474 g/mol. The summed E-state index contributed by atoms with van der Waals surface area (Å²) in [6.45, 7) is 6.48. The first-order chi connectivity index (χ1) is 15.7. The summed E-state index contributed by atoms with van der Waals surface area (Å²) in [4.78, 5) is 10.9. The van der Waals surface area contributed by atoms with Gasteiger partial charge in [-0.15, -0.1) is 22.7 Å². The minimum absolute atomic E-state index is 0.212. The van der Waals surface area contributed by atoms with E-state index in [1.165, 1.54) is 17.0 Å². The molecule has 1 aliphatic carbocycles. The van der Waals surface area contributed by atoms with E-state index >= 15 is 0 Å². The van der Waals surface area contributed by atoms with Crippen molar-refractivity contribution in [2.75, 3.05) is 13.7 Å². The fourth-order valence-electron chi connectivity index (χ4n) is 4.47. The Labute approximate surface area is 204 Å². The summed E-state index contributed by atoms with van der Waals surface area (Å²) < 4.78 is 33.8. The minimum Gasteiger partial charge on any atom is -0.495 e. The van der Waals surface area contributed by atoms with Crippen LogP contribution >= 0.6 is 22.7 Å². The van der Waals surface area contributed by atoms with E-state index < -0.39 is 10.0 Å². The van der Waals surface area contributed by atoms with Gasteiger partial charge >= 0.3 is 0 Å². The van der Waals surface area contributed by atoms with Crippen molar-refractivity contribution in [3.8, 4) is 17.1 Å². The molecule has 0 spiro atoms. The topological polar surface area (TPSA) is 81.2 Å². The zero-order chi connectivity index (χ0) is 23.6. The van der Waals surface area contributed by atoms with Gasteiger partial charge in [-0.05, 0) is 76.0 Å². The summed E-state index contributed by atoms with van der Waals surface area (Å²) in [5, 5.41) is 4.37. The second kappa shape index (κ2) is 10.2. The molecule has 4 rings (SSSR count). The fraction of sp³-hybridized carbons (Fsp3) is 0.500. The zero-order valence-electron chi connectivity index (χ0n) is 19.6. The van der Waals surface area contributed by atoms with E-state index in [-0.39, 0.29) is 4.90 Å². The summed E-state index contributed by atoms with van der Waals surface area (Å²) in [5.74, 6) is 1.34. The Morgan fingerprint density at radius 1 is 1.09 bits per heavy atom. The first-order valence-electron chi connectivity index (χ1n) is 11.3. The Hall–Kier alpha value is -1.81. The number of hydrogen-bond donors (Lipinski definition) is 1. The van der Waals surface area contributed by atoms with Crippen molar-refractivity contribution in [2.45, 2.75) is 57.8 Å². The number of aryl methyl sites for hydroxylation is 3. The summed E-state index contributed by atoms with van der Waals surface area (Å²) in [6.07, 6.45) is 5.25. The van der Waals surface area contributed by atoms with E-state index in [0.29, 0.717) is 24.1 Å².